The summed E-state index contributed by atoms with van der Waals surface area (Å²) in [7, 11) is 2.01. The molecule has 0 bridgehead atoms. The molecule has 0 aliphatic carbocycles. The van der Waals surface area contributed by atoms with Crippen molar-refractivity contribution in [1.82, 2.24) is 5.32 Å². The molecule has 0 aromatic heterocycles. The number of para-hydroxylation sites is 1. The molecule has 0 spiro atoms. The second-order valence-corrected chi connectivity index (χ2v) is 5.73. The van der Waals surface area contributed by atoms with Crippen LogP contribution in [0.15, 0.2) is 48.5 Å². The van der Waals surface area contributed by atoms with Gasteiger partial charge in [-0.1, -0.05) is 29.8 Å². The summed E-state index contributed by atoms with van der Waals surface area (Å²) < 4.78 is 18.3. The molecule has 24 heavy (non-hydrogen) atoms. The molecule has 0 saturated heterocycles. The van der Waals surface area contributed by atoms with Gasteiger partial charge in [0, 0.05) is 31.9 Å². The van der Waals surface area contributed by atoms with E-state index in [-0.39, 0.29) is 17.5 Å². The van der Waals surface area contributed by atoms with Crippen molar-refractivity contribution in [3.05, 3.63) is 59.4 Å². The Bertz CT molecular complexity index is 667. The SMILES string of the molecule is CN(CCCNC(=O)COc1ccc(F)c(Cl)c1)c1ccccc1. The molecule has 0 atom stereocenters. The molecule has 0 heterocycles. The Kier molecular flexibility index (Phi) is 6.88. The van der Waals surface area contributed by atoms with Crippen LogP contribution >= 0.6 is 11.6 Å². The van der Waals surface area contributed by atoms with Crippen LogP contribution in [0.25, 0.3) is 0 Å². The van der Waals surface area contributed by atoms with Crippen molar-refractivity contribution in [3.63, 3.8) is 0 Å². The number of ether oxygens (including phenoxy) is 1. The maximum absolute atomic E-state index is 13.0. The van der Waals surface area contributed by atoms with Gasteiger partial charge in [0.2, 0.25) is 0 Å². The molecule has 0 saturated carbocycles. The van der Waals surface area contributed by atoms with Crippen LogP contribution in [0.2, 0.25) is 5.02 Å². The van der Waals surface area contributed by atoms with Gasteiger partial charge in [0.1, 0.15) is 11.6 Å². The molecule has 2 rings (SSSR count). The molecule has 128 valence electrons. The summed E-state index contributed by atoms with van der Waals surface area (Å²) in [6.45, 7) is 1.26. The highest BCUT2D eigenvalue weighted by Crippen LogP contribution is 2.20. The molecule has 0 radical (unpaired) electrons. The van der Waals surface area contributed by atoms with Crippen LogP contribution in [-0.4, -0.2) is 32.7 Å². The molecule has 1 amide bonds. The number of nitrogens with one attached hydrogen (secondary N) is 1. The topological polar surface area (TPSA) is 41.6 Å². The third kappa shape index (κ3) is 5.74. The molecular formula is C18H20ClFN2O2. The maximum Gasteiger partial charge on any atom is 0.257 e. The van der Waals surface area contributed by atoms with Crippen molar-refractivity contribution in [2.45, 2.75) is 6.42 Å². The summed E-state index contributed by atoms with van der Waals surface area (Å²) in [5.74, 6) is -0.380. The van der Waals surface area contributed by atoms with Gasteiger partial charge >= 0.3 is 0 Å². The van der Waals surface area contributed by atoms with Crippen LogP contribution in [-0.2, 0) is 4.79 Å². The quantitative estimate of drug-likeness (QED) is 0.741. The van der Waals surface area contributed by atoms with Gasteiger partial charge in [0.25, 0.3) is 5.91 Å². The summed E-state index contributed by atoms with van der Waals surface area (Å²) in [6.07, 6.45) is 0.819. The minimum absolute atomic E-state index is 0.0307. The van der Waals surface area contributed by atoms with Gasteiger partial charge in [0.15, 0.2) is 6.61 Å². The average Bonchev–Trinajstić information content (AvgIpc) is 2.60. The molecule has 1 N–H and O–H groups in total. The molecule has 2 aromatic carbocycles. The van der Waals surface area contributed by atoms with Crippen molar-refractivity contribution in [2.75, 3.05) is 31.6 Å². The lowest BCUT2D eigenvalue weighted by Gasteiger charge is -2.19. The molecule has 2 aromatic rings. The molecule has 0 fully saturated rings. The number of carbonyl (C=O) groups is 1. The summed E-state index contributed by atoms with van der Waals surface area (Å²) >= 11 is 5.65. The van der Waals surface area contributed by atoms with Crippen molar-refractivity contribution >= 4 is 23.2 Å². The fourth-order valence-electron chi connectivity index (χ4n) is 2.12. The van der Waals surface area contributed by atoms with Gasteiger partial charge in [-0.2, -0.15) is 0 Å². The van der Waals surface area contributed by atoms with Gasteiger partial charge in [-0.15, -0.1) is 0 Å². The molecular weight excluding hydrogens is 331 g/mol. The third-order valence-electron chi connectivity index (χ3n) is 3.45. The Morgan fingerprint density at radius 3 is 2.71 bits per heavy atom. The number of halogens is 2. The molecule has 0 aliphatic rings. The van der Waals surface area contributed by atoms with Crippen molar-refractivity contribution < 1.29 is 13.9 Å². The van der Waals surface area contributed by atoms with Crippen LogP contribution in [0.4, 0.5) is 10.1 Å². The Morgan fingerprint density at radius 1 is 1.25 bits per heavy atom. The zero-order valence-corrected chi connectivity index (χ0v) is 14.2. The summed E-state index contributed by atoms with van der Waals surface area (Å²) in [4.78, 5) is 13.9. The molecule has 0 unspecified atom stereocenters. The van der Waals surface area contributed by atoms with Crippen molar-refractivity contribution in [2.24, 2.45) is 0 Å². The van der Waals surface area contributed by atoms with E-state index in [0.29, 0.717) is 12.3 Å². The van der Waals surface area contributed by atoms with Gasteiger partial charge < -0.3 is 15.0 Å². The summed E-state index contributed by atoms with van der Waals surface area (Å²) in [5, 5.41) is 2.76. The number of anilines is 1. The highest BCUT2D eigenvalue weighted by Gasteiger charge is 2.05. The molecule has 0 aliphatic heterocycles. The second-order valence-electron chi connectivity index (χ2n) is 5.33. The minimum Gasteiger partial charge on any atom is -0.484 e. The predicted molar refractivity (Wildman–Crippen MR) is 94.2 cm³/mol. The Hall–Kier alpha value is -2.27. The number of amides is 1. The van der Waals surface area contributed by atoms with Crippen LogP contribution in [0.3, 0.4) is 0 Å². The number of carbonyl (C=O) groups excluding carboxylic acids is 1. The largest absolute Gasteiger partial charge is 0.484 e. The van der Waals surface area contributed by atoms with E-state index in [9.17, 15) is 9.18 Å². The average molecular weight is 351 g/mol. The molecule has 6 heteroatoms. The predicted octanol–water partition coefficient (Wildman–Crippen LogP) is 3.50. The fourth-order valence-corrected chi connectivity index (χ4v) is 2.29. The van der Waals surface area contributed by atoms with E-state index in [2.05, 4.69) is 10.2 Å². The third-order valence-corrected chi connectivity index (χ3v) is 3.74. The maximum atomic E-state index is 13.0. The van der Waals surface area contributed by atoms with Crippen molar-refractivity contribution in [1.29, 1.82) is 0 Å². The highest BCUT2D eigenvalue weighted by molar-refractivity contribution is 6.30. The first-order chi connectivity index (χ1) is 11.6. The lowest BCUT2D eigenvalue weighted by Crippen LogP contribution is -2.31. The van der Waals surface area contributed by atoms with E-state index in [1.165, 1.54) is 18.2 Å². The first-order valence-electron chi connectivity index (χ1n) is 7.67. The summed E-state index contributed by atoms with van der Waals surface area (Å²) in [5.41, 5.74) is 1.14. The Morgan fingerprint density at radius 2 is 2.00 bits per heavy atom. The summed E-state index contributed by atoms with van der Waals surface area (Å²) in [6, 6.07) is 14.0. The van der Waals surface area contributed by atoms with E-state index < -0.39 is 5.82 Å². The zero-order valence-electron chi connectivity index (χ0n) is 13.5. The highest BCUT2D eigenvalue weighted by atomic mass is 35.5. The lowest BCUT2D eigenvalue weighted by atomic mass is 10.3. The van der Waals surface area contributed by atoms with Gasteiger partial charge in [-0.25, -0.2) is 4.39 Å². The van der Waals surface area contributed by atoms with E-state index in [4.69, 9.17) is 16.3 Å². The monoisotopic (exact) mass is 350 g/mol. The second kappa shape index (κ2) is 9.13. The van der Waals surface area contributed by atoms with E-state index in [1.807, 2.05) is 37.4 Å². The van der Waals surface area contributed by atoms with Crippen molar-refractivity contribution in [3.8, 4) is 5.75 Å². The van der Waals surface area contributed by atoms with Crippen LogP contribution < -0.4 is 15.0 Å². The van der Waals surface area contributed by atoms with E-state index >= 15 is 0 Å². The van der Waals surface area contributed by atoms with Gasteiger partial charge in [-0.3, -0.25) is 4.79 Å². The first-order valence-corrected chi connectivity index (χ1v) is 8.05. The fraction of sp³-hybridized carbons (Fsp3) is 0.278. The zero-order chi connectivity index (χ0) is 17.4. The number of benzene rings is 2. The van der Waals surface area contributed by atoms with E-state index in [1.54, 1.807) is 0 Å². The normalized spacial score (nSPS) is 10.3. The Balaban J connectivity index is 1.63. The standard InChI is InChI=1S/C18H20ClFN2O2/c1-22(14-6-3-2-4-7-14)11-5-10-21-18(23)13-24-15-8-9-17(20)16(19)12-15/h2-4,6-9,12H,5,10-11,13H2,1H3,(H,21,23). The number of hydrogen-bond donors (Lipinski definition) is 1. The smallest absolute Gasteiger partial charge is 0.257 e. The van der Waals surface area contributed by atoms with Gasteiger partial charge in [0.05, 0.1) is 5.02 Å². The van der Waals surface area contributed by atoms with E-state index in [0.717, 1.165) is 18.7 Å². The minimum atomic E-state index is -0.518. The number of hydrogen-bond acceptors (Lipinski definition) is 3. The Labute approximate surface area is 146 Å². The lowest BCUT2D eigenvalue weighted by molar-refractivity contribution is -0.123. The van der Waals surface area contributed by atoms with Gasteiger partial charge in [-0.05, 0) is 30.7 Å². The number of rotatable bonds is 8. The number of nitrogens with zero attached hydrogens (tertiary/aromatic N) is 1. The first kappa shape index (κ1) is 18.1. The van der Waals surface area contributed by atoms with Crippen LogP contribution in [0, 0.1) is 5.82 Å². The van der Waals surface area contributed by atoms with Crippen LogP contribution in [0.5, 0.6) is 5.75 Å². The molecule has 4 nitrogen and oxygen atoms in total. The van der Waals surface area contributed by atoms with Crippen LogP contribution in [0.1, 0.15) is 6.42 Å².